The van der Waals surface area contributed by atoms with Gasteiger partial charge < -0.3 is 25.3 Å². The summed E-state index contributed by atoms with van der Waals surface area (Å²) in [5, 5.41) is 3.05. The van der Waals surface area contributed by atoms with Crippen LogP contribution in [0.2, 0.25) is 0 Å². The maximum absolute atomic E-state index is 5.88. The maximum Gasteiger partial charge on any atom is 0.193 e. The Hall–Kier alpha value is -1.95. The van der Waals surface area contributed by atoms with Crippen LogP contribution in [0.1, 0.15) is 20.3 Å². The number of benzene rings is 1. The van der Waals surface area contributed by atoms with Gasteiger partial charge in [0.25, 0.3) is 0 Å². The normalized spacial score (nSPS) is 11.3. The Balaban J connectivity index is 2.75. The molecule has 3 N–H and O–H groups in total. The molecule has 0 aromatic heterocycles. The monoisotopic (exact) mass is 295 g/mol. The Morgan fingerprint density at radius 2 is 2.00 bits per heavy atom. The van der Waals surface area contributed by atoms with Crippen LogP contribution in [-0.4, -0.2) is 39.4 Å². The van der Waals surface area contributed by atoms with Gasteiger partial charge in [0.2, 0.25) is 0 Å². The second-order valence-corrected chi connectivity index (χ2v) is 4.26. The average molecular weight is 295 g/mol. The van der Waals surface area contributed by atoms with Crippen molar-refractivity contribution in [1.29, 1.82) is 0 Å². The number of nitrogens with two attached hydrogens (primary N) is 1. The van der Waals surface area contributed by atoms with Crippen molar-refractivity contribution in [2.24, 2.45) is 10.7 Å². The first-order valence-electron chi connectivity index (χ1n) is 7.16. The fourth-order valence-corrected chi connectivity index (χ4v) is 1.73. The van der Waals surface area contributed by atoms with Gasteiger partial charge >= 0.3 is 0 Å². The van der Waals surface area contributed by atoms with Crippen LogP contribution in [0, 0.1) is 0 Å². The lowest BCUT2D eigenvalue weighted by molar-refractivity contribution is 0.197. The first-order valence-corrected chi connectivity index (χ1v) is 7.16. The molecule has 1 aromatic carbocycles. The molecule has 0 aliphatic rings. The van der Waals surface area contributed by atoms with E-state index in [2.05, 4.69) is 10.3 Å². The van der Waals surface area contributed by atoms with E-state index in [0.717, 1.165) is 23.6 Å². The van der Waals surface area contributed by atoms with Crippen molar-refractivity contribution in [2.45, 2.75) is 20.3 Å². The summed E-state index contributed by atoms with van der Waals surface area (Å²) in [5.41, 5.74) is 6.62. The summed E-state index contributed by atoms with van der Waals surface area (Å²) < 4.78 is 16.0. The molecule has 0 radical (unpaired) electrons. The molecule has 1 aromatic rings. The minimum Gasteiger partial charge on any atom is -0.494 e. The topological polar surface area (TPSA) is 78.1 Å². The molecule has 6 heteroatoms. The smallest absolute Gasteiger partial charge is 0.193 e. The van der Waals surface area contributed by atoms with Gasteiger partial charge in [0.05, 0.1) is 18.9 Å². The van der Waals surface area contributed by atoms with Crippen molar-refractivity contribution in [3.05, 3.63) is 18.2 Å². The average Bonchev–Trinajstić information content (AvgIpc) is 2.47. The summed E-state index contributed by atoms with van der Waals surface area (Å²) in [7, 11) is 1.67. The van der Waals surface area contributed by atoms with Crippen molar-refractivity contribution in [2.75, 3.05) is 38.8 Å². The molecule has 0 spiro atoms. The summed E-state index contributed by atoms with van der Waals surface area (Å²) in [6.07, 6.45) is 0.830. The number of methoxy groups -OCH3 is 1. The number of anilines is 1. The van der Waals surface area contributed by atoms with E-state index < -0.39 is 0 Å². The highest BCUT2D eigenvalue weighted by Crippen LogP contribution is 2.29. The molecule has 1 rings (SSSR count). The van der Waals surface area contributed by atoms with Gasteiger partial charge in [-0.25, -0.2) is 0 Å². The maximum atomic E-state index is 5.88. The fraction of sp³-hybridized carbons (Fsp3) is 0.533. The highest BCUT2D eigenvalue weighted by atomic mass is 16.5. The Bertz CT molecular complexity index is 450. The van der Waals surface area contributed by atoms with E-state index in [-0.39, 0.29) is 0 Å². The third-order valence-corrected chi connectivity index (χ3v) is 2.61. The zero-order valence-electron chi connectivity index (χ0n) is 13.0. The highest BCUT2D eigenvalue weighted by Gasteiger charge is 2.07. The fourth-order valence-electron chi connectivity index (χ4n) is 1.73. The molecule has 0 aliphatic carbocycles. The zero-order valence-corrected chi connectivity index (χ0v) is 13.0. The minimum absolute atomic E-state index is 0.348. The van der Waals surface area contributed by atoms with Crippen LogP contribution in [0.4, 0.5) is 5.69 Å². The molecular formula is C15H25N3O3. The third kappa shape index (κ3) is 6.35. The van der Waals surface area contributed by atoms with Gasteiger partial charge in [-0.05, 0) is 32.4 Å². The quantitative estimate of drug-likeness (QED) is 0.415. The number of rotatable bonds is 9. The number of nitrogens with one attached hydrogen (secondary N) is 1. The number of hydrogen-bond donors (Lipinski definition) is 2. The summed E-state index contributed by atoms with van der Waals surface area (Å²) in [6, 6.07) is 5.58. The Kier molecular flexibility index (Phi) is 8.04. The largest absolute Gasteiger partial charge is 0.494 e. The van der Waals surface area contributed by atoms with Crippen LogP contribution in [0.3, 0.4) is 0 Å². The molecule has 0 amide bonds. The predicted molar refractivity (Wildman–Crippen MR) is 85.4 cm³/mol. The molecule has 0 unspecified atom stereocenters. The minimum atomic E-state index is 0.348. The van der Waals surface area contributed by atoms with Crippen LogP contribution in [0.5, 0.6) is 11.5 Å². The molecule has 0 atom stereocenters. The standard InChI is InChI=1S/C15H25N3O3/c1-4-20-12-7-8-14(21-5-2)13(11-12)18-15(16)17-9-6-10-19-3/h7-8,11H,4-6,9-10H2,1-3H3,(H3,16,17,18). The predicted octanol–water partition coefficient (Wildman–Crippen LogP) is 2.25. The van der Waals surface area contributed by atoms with Crippen LogP contribution < -0.4 is 20.5 Å². The van der Waals surface area contributed by atoms with E-state index in [4.69, 9.17) is 19.9 Å². The molecule has 21 heavy (non-hydrogen) atoms. The van der Waals surface area contributed by atoms with Crippen molar-refractivity contribution in [1.82, 2.24) is 0 Å². The van der Waals surface area contributed by atoms with Gasteiger partial charge in [0.1, 0.15) is 11.5 Å². The van der Waals surface area contributed by atoms with E-state index >= 15 is 0 Å². The van der Waals surface area contributed by atoms with E-state index in [1.54, 1.807) is 7.11 Å². The van der Waals surface area contributed by atoms with E-state index in [9.17, 15) is 0 Å². The van der Waals surface area contributed by atoms with Crippen LogP contribution in [0.25, 0.3) is 0 Å². The molecule has 0 fully saturated rings. The van der Waals surface area contributed by atoms with Gasteiger partial charge in [0.15, 0.2) is 5.96 Å². The summed E-state index contributed by atoms with van der Waals surface area (Å²) in [6.45, 7) is 6.34. The van der Waals surface area contributed by atoms with Gasteiger partial charge in [-0.15, -0.1) is 0 Å². The van der Waals surface area contributed by atoms with Gasteiger partial charge in [-0.2, -0.15) is 0 Å². The molecule has 0 heterocycles. The number of ether oxygens (including phenoxy) is 3. The summed E-state index contributed by atoms with van der Waals surface area (Å²) in [4.78, 5) is 4.24. The molecule has 118 valence electrons. The van der Waals surface area contributed by atoms with E-state index in [0.29, 0.717) is 32.3 Å². The van der Waals surface area contributed by atoms with Crippen LogP contribution in [0.15, 0.2) is 23.2 Å². The summed E-state index contributed by atoms with van der Waals surface area (Å²) >= 11 is 0. The first kappa shape index (κ1) is 17.1. The van der Waals surface area contributed by atoms with E-state index in [1.807, 2.05) is 32.0 Å². The lowest BCUT2D eigenvalue weighted by Crippen LogP contribution is -2.23. The number of hydrogen-bond acceptors (Lipinski definition) is 4. The summed E-state index contributed by atoms with van der Waals surface area (Å²) in [5.74, 6) is 1.83. The molecule has 0 saturated heterocycles. The number of guanidine groups is 1. The van der Waals surface area contributed by atoms with Crippen LogP contribution >= 0.6 is 0 Å². The molecule has 6 nitrogen and oxygen atoms in total. The molecule has 0 aliphatic heterocycles. The first-order chi connectivity index (χ1) is 10.2. The van der Waals surface area contributed by atoms with E-state index in [1.165, 1.54) is 0 Å². The second-order valence-electron chi connectivity index (χ2n) is 4.26. The van der Waals surface area contributed by atoms with Crippen LogP contribution in [-0.2, 0) is 4.74 Å². The van der Waals surface area contributed by atoms with Crippen molar-refractivity contribution >= 4 is 11.6 Å². The lowest BCUT2D eigenvalue weighted by Gasteiger charge is -2.13. The highest BCUT2D eigenvalue weighted by molar-refractivity contribution is 5.94. The number of aliphatic imine (C=N–C) groups is 1. The van der Waals surface area contributed by atoms with Gasteiger partial charge in [-0.3, -0.25) is 4.99 Å². The van der Waals surface area contributed by atoms with Crippen molar-refractivity contribution < 1.29 is 14.2 Å². The third-order valence-electron chi connectivity index (χ3n) is 2.61. The molecular weight excluding hydrogens is 270 g/mol. The zero-order chi connectivity index (χ0) is 15.5. The molecule has 0 bridgehead atoms. The Morgan fingerprint density at radius 3 is 2.67 bits per heavy atom. The van der Waals surface area contributed by atoms with Crippen molar-refractivity contribution in [3.8, 4) is 11.5 Å². The SMILES string of the molecule is CCOc1ccc(OCC)c(NC(N)=NCCCOC)c1. The van der Waals surface area contributed by atoms with Gasteiger partial charge in [0, 0.05) is 26.3 Å². The van der Waals surface area contributed by atoms with Crippen molar-refractivity contribution in [3.63, 3.8) is 0 Å². The Labute approximate surface area is 126 Å². The molecule has 0 saturated carbocycles. The number of nitrogens with zero attached hydrogens (tertiary/aromatic N) is 1. The Morgan fingerprint density at radius 1 is 1.24 bits per heavy atom. The lowest BCUT2D eigenvalue weighted by atomic mass is 10.2. The second kappa shape index (κ2) is 9.88. The van der Waals surface area contributed by atoms with Gasteiger partial charge in [-0.1, -0.05) is 0 Å².